The van der Waals surface area contributed by atoms with Crippen LogP contribution in [-0.2, 0) is 0 Å². The lowest BCUT2D eigenvalue weighted by Gasteiger charge is -2.17. The first-order valence-corrected chi connectivity index (χ1v) is 8.63. The van der Waals surface area contributed by atoms with Crippen molar-refractivity contribution >= 4 is 0 Å². The van der Waals surface area contributed by atoms with Crippen LogP contribution in [0.25, 0.3) is 0 Å². The van der Waals surface area contributed by atoms with Gasteiger partial charge < -0.3 is 0 Å². The molecule has 0 atom stereocenters. The fourth-order valence-electron chi connectivity index (χ4n) is 2.58. The van der Waals surface area contributed by atoms with Crippen LogP contribution in [0.2, 0.25) is 0 Å². The molecule has 0 aliphatic heterocycles. The molecule has 120 valence electrons. The molecule has 0 radical (unpaired) electrons. The highest BCUT2D eigenvalue weighted by molar-refractivity contribution is 5.18. The highest BCUT2D eigenvalue weighted by atomic mass is 15.1. The molecule has 0 saturated heterocycles. The number of nitrogens with zero attached hydrogens (tertiary/aromatic N) is 2. The number of azo groups is 1. The van der Waals surface area contributed by atoms with Crippen molar-refractivity contribution in [2.45, 2.75) is 78.1 Å². The van der Waals surface area contributed by atoms with Gasteiger partial charge in [0.15, 0.2) is 0 Å². The smallest absolute Gasteiger partial charge is 0.0530 e. The second-order valence-electron chi connectivity index (χ2n) is 5.64. The van der Waals surface area contributed by atoms with Crippen LogP contribution in [0, 0.1) is 5.92 Å². The van der Waals surface area contributed by atoms with Gasteiger partial charge in [0.1, 0.15) is 0 Å². The van der Waals surface area contributed by atoms with Crippen LogP contribution in [-0.4, -0.2) is 0 Å². The third kappa shape index (κ3) is 11.2. The molecule has 0 bridgehead atoms. The maximum absolute atomic E-state index is 4.04. The van der Waals surface area contributed by atoms with E-state index in [1.54, 1.807) is 0 Å². The van der Waals surface area contributed by atoms with Gasteiger partial charge in [0.2, 0.25) is 0 Å². The average molecular weight is 290 g/mol. The van der Waals surface area contributed by atoms with E-state index in [0.717, 1.165) is 0 Å². The van der Waals surface area contributed by atoms with E-state index in [0.29, 0.717) is 5.92 Å². The minimum atomic E-state index is 0.583. The Hall–Kier alpha value is -1.18. The zero-order valence-electron chi connectivity index (χ0n) is 14.2. The molecule has 0 aromatic carbocycles. The number of hydrogen-bond donors (Lipinski definition) is 0. The first kappa shape index (κ1) is 19.8. The summed E-state index contributed by atoms with van der Waals surface area (Å²) in [7, 11) is 0. The van der Waals surface area contributed by atoms with E-state index >= 15 is 0 Å². The Morgan fingerprint density at radius 3 is 1.86 bits per heavy atom. The van der Waals surface area contributed by atoms with Crippen LogP contribution in [0.1, 0.15) is 78.1 Å². The molecule has 0 aromatic heterocycles. The van der Waals surface area contributed by atoms with E-state index in [4.69, 9.17) is 0 Å². The lowest BCUT2D eigenvalue weighted by Crippen LogP contribution is -2.03. The zero-order valence-corrected chi connectivity index (χ0v) is 14.2. The summed E-state index contributed by atoms with van der Waals surface area (Å²) in [5.74, 6) is 0.583. The van der Waals surface area contributed by atoms with Gasteiger partial charge in [-0.3, -0.25) is 0 Å². The van der Waals surface area contributed by atoms with Crippen LogP contribution in [0.3, 0.4) is 0 Å². The molecule has 0 aliphatic rings. The van der Waals surface area contributed by atoms with Crippen molar-refractivity contribution in [1.82, 2.24) is 0 Å². The predicted molar refractivity (Wildman–Crippen MR) is 94.3 cm³/mol. The average Bonchev–Trinajstić information content (AvgIpc) is 2.50. The van der Waals surface area contributed by atoms with E-state index in [9.17, 15) is 0 Å². The third-order valence-corrected chi connectivity index (χ3v) is 3.87. The molecule has 0 fully saturated rings. The van der Waals surface area contributed by atoms with Crippen LogP contribution < -0.4 is 0 Å². The van der Waals surface area contributed by atoms with Crippen LogP contribution in [0.15, 0.2) is 47.4 Å². The Bertz CT molecular complexity index is 304. The summed E-state index contributed by atoms with van der Waals surface area (Å²) in [4.78, 5) is 0. The summed E-state index contributed by atoms with van der Waals surface area (Å²) in [6.45, 7) is 12.0. The SMILES string of the molecule is C=C/N=N\C=C(/C=C)C(CCCCCC)CCCCCC. The van der Waals surface area contributed by atoms with Crippen LogP contribution in [0.5, 0.6) is 0 Å². The largest absolute Gasteiger partial charge is 0.160 e. The highest BCUT2D eigenvalue weighted by Gasteiger charge is 2.11. The molecule has 0 aromatic rings. The molecule has 0 heterocycles. The lowest BCUT2D eigenvalue weighted by molar-refractivity contribution is 0.460. The minimum absolute atomic E-state index is 0.583. The Balaban J connectivity index is 4.49. The maximum Gasteiger partial charge on any atom is 0.0530 e. The Labute approximate surface area is 132 Å². The topological polar surface area (TPSA) is 24.7 Å². The first-order chi connectivity index (χ1) is 10.3. The van der Waals surface area contributed by atoms with E-state index in [1.807, 2.05) is 12.3 Å². The van der Waals surface area contributed by atoms with Gasteiger partial charge >= 0.3 is 0 Å². The van der Waals surface area contributed by atoms with Gasteiger partial charge in [-0.1, -0.05) is 84.4 Å². The maximum atomic E-state index is 4.04. The van der Waals surface area contributed by atoms with Gasteiger partial charge in [0.05, 0.1) is 6.20 Å². The fraction of sp³-hybridized carbons (Fsp3) is 0.684. The van der Waals surface area contributed by atoms with Gasteiger partial charge in [-0.05, 0) is 24.3 Å². The summed E-state index contributed by atoms with van der Waals surface area (Å²) < 4.78 is 0. The highest BCUT2D eigenvalue weighted by Crippen LogP contribution is 2.26. The van der Waals surface area contributed by atoms with Gasteiger partial charge in [0.25, 0.3) is 0 Å². The number of hydrogen-bond acceptors (Lipinski definition) is 2. The van der Waals surface area contributed by atoms with Crippen LogP contribution >= 0.6 is 0 Å². The van der Waals surface area contributed by atoms with E-state index in [-0.39, 0.29) is 0 Å². The molecule has 21 heavy (non-hydrogen) atoms. The summed E-state index contributed by atoms with van der Waals surface area (Å²) in [5, 5.41) is 7.87. The molecule has 0 amide bonds. The van der Waals surface area contributed by atoms with E-state index in [1.165, 1.54) is 76.0 Å². The molecule has 0 saturated carbocycles. The summed E-state index contributed by atoms with van der Waals surface area (Å²) in [6.07, 6.45) is 18.3. The van der Waals surface area contributed by atoms with Gasteiger partial charge in [-0.25, -0.2) is 0 Å². The standard InChI is InChI=1S/C19H34N2/c1-5-9-11-13-15-19(16-14-12-10-6-2)18(7-3)17-21-20-8-4/h7-8,17,19H,3-6,9-16H2,1-2H3/b18-17+,21-20-. The lowest BCUT2D eigenvalue weighted by atomic mass is 9.88. The van der Waals surface area contributed by atoms with Crippen molar-refractivity contribution < 1.29 is 0 Å². The number of allylic oxidation sites excluding steroid dienone is 2. The van der Waals surface area contributed by atoms with Crippen molar-refractivity contribution in [1.29, 1.82) is 0 Å². The Kier molecular flexibility index (Phi) is 14.4. The second-order valence-corrected chi connectivity index (χ2v) is 5.64. The summed E-state index contributed by atoms with van der Waals surface area (Å²) >= 11 is 0. The monoisotopic (exact) mass is 290 g/mol. The molecule has 0 aliphatic carbocycles. The fourth-order valence-corrected chi connectivity index (χ4v) is 2.58. The van der Waals surface area contributed by atoms with Gasteiger partial charge in [0, 0.05) is 6.20 Å². The first-order valence-electron chi connectivity index (χ1n) is 8.63. The normalized spacial score (nSPS) is 12.2. The molecular weight excluding hydrogens is 256 g/mol. The minimum Gasteiger partial charge on any atom is -0.160 e. The van der Waals surface area contributed by atoms with Gasteiger partial charge in [-0.2, -0.15) is 10.2 Å². The summed E-state index contributed by atoms with van der Waals surface area (Å²) in [5.41, 5.74) is 1.23. The molecule has 2 nitrogen and oxygen atoms in total. The zero-order chi connectivity index (χ0) is 15.8. The van der Waals surface area contributed by atoms with Crippen molar-refractivity contribution in [3.63, 3.8) is 0 Å². The van der Waals surface area contributed by atoms with Gasteiger partial charge in [-0.15, -0.1) is 0 Å². The van der Waals surface area contributed by atoms with Crippen LogP contribution in [0.4, 0.5) is 0 Å². The quantitative estimate of drug-likeness (QED) is 0.183. The Morgan fingerprint density at radius 1 is 0.857 bits per heavy atom. The van der Waals surface area contributed by atoms with Crippen molar-refractivity contribution in [3.8, 4) is 0 Å². The second kappa shape index (κ2) is 15.2. The van der Waals surface area contributed by atoms with E-state index < -0.39 is 0 Å². The van der Waals surface area contributed by atoms with Crippen molar-refractivity contribution in [3.05, 3.63) is 37.2 Å². The molecular formula is C19H34N2. The predicted octanol–water partition coefficient (Wildman–Crippen LogP) is 7.21. The Morgan fingerprint density at radius 2 is 1.43 bits per heavy atom. The molecule has 2 heteroatoms. The molecule has 0 spiro atoms. The van der Waals surface area contributed by atoms with E-state index in [2.05, 4.69) is 37.2 Å². The number of rotatable bonds is 14. The third-order valence-electron chi connectivity index (χ3n) is 3.87. The molecule has 0 N–H and O–H groups in total. The van der Waals surface area contributed by atoms with Crippen molar-refractivity contribution in [2.75, 3.05) is 0 Å². The number of unbranched alkanes of at least 4 members (excludes halogenated alkanes) is 6. The molecule has 0 rings (SSSR count). The van der Waals surface area contributed by atoms with Crippen molar-refractivity contribution in [2.24, 2.45) is 16.1 Å². The summed E-state index contributed by atoms with van der Waals surface area (Å²) in [6, 6.07) is 0. The molecule has 0 unspecified atom stereocenters.